The summed E-state index contributed by atoms with van der Waals surface area (Å²) in [6.45, 7) is 2.14. The zero-order valence-electron chi connectivity index (χ0n) is 7.22. The van der Waals surface area contributed by atoms with E-state index in [2.05, 4.69) is 43.3 Å². The van der Waals surface area contributed by atoms with Gasteiger partial charge in [0.05, 0.1) is 0 Å². The third-order valence-electron chi connectivity index (χ3n) is 1.90. The van der Waals surface area contributed by atoms with Crippen molar-refractivity contribution in [3.05, 3.63) is 42.0 Å². The summed E-state index contributed by atoms with van der Waals surface area (Å²) in [5, 5.41) is 2.72. The molecule has 0 heterocycles. The van der Waals surface area contributed by atoms with E-state index in [-0.39, 0.29) is 51.0 Å². The van der Waals surface area contributed by atoms with Crippen molar-refractivity contribution in [3.63, 3.8) is 0 Å². The Morgan fingerprint density at radius 2 is 1.77 bits per heavy atom. The summed E-state index contributed by atoms with van der Waals surface area (Å²) >= 11 is 0. The van der Waals surface area contributed by atoms with Gasteiger partial charge in [-0.1, -0.05) is 13.0 Å². The molecule has 0 spiro atoms. The molecule has 0 unspecified atom stereocenters. The predicted octanol–water partition coefficient (Wildman–Crippen LogP) is -3.13. The normalized spacial score (nSPS) is 8.08. The third-order valence-corrected chi connectivity index (χ3v) is 1.90. The first-order valence-electron chi connectivity index (χ1n) is 3.49. The van der Waals surface area contributed by atoms with Crippen molar-refractivity contribution in [1.29, 1.82) is 0 Å². The molecule has 0 N–H and O–H groups in total. The van der Waals surface area contributed by atoms with E-state index < -0.39 is 0 Å². The average molecular weight is 291 g/mol. The van der Waals surface area contributed by atoms with Crippen LogP contribution in [-0.4, -0.2) is 0 Å². The van der Waals surface area contributed by atoms with Crippen LogP contribution in [0.15, 0.2) is 36.4 Å². The monoisotopic (exact) mass is 289 g/mol. The maximum atomic E-state index is 2.16. The van der Waals surface area contributed by atoms with Gasteiger partial charge < -0.3 is 24.8 Å². The summed E-state index contributed by atoms with van der Waals surface area (Å²) in [6, 6.07) is 12.8. The summed E-state index contributed by atoms with van der Waals surface area (Å²) in [6.07, 6.45) is 0. The van der Waals surface area contributed by atoms with Crippen LogP contribution in [0.4, 0.5) is 0 Å². The van der Waals surface area contributed by atoms with Crippen LogP contribution in [0.5, 0.6) is 0 Å². The van der Waals surface area contributed by atoms with Crippen molar-refractivity contribution < 1.29 is 51.0 Å². The van der Waals surface area contributed by atoms with Crippen molar-refractivity contribution in [2.75, 3.05) is 0 Å². The largest absolute Gasteiger partial charge is 3.00 e. The van der Waals surface area contributed by atoms with E-state index >= 15 is 0 Å². The minimum Gasteiger partial charge on any atom is -1.00 e. The maximum Gasteiger partial charge on any atom is 3.00 e. The summed E-state index contributed by atoms with van der Waals surface area (Å²) < 4.78 is 0. The number of rotatable bonds is 0. The topological polar surface area (TPSA) is 0 Å². The van der Waals surface area contributed by atoms with Crippen LogP contribution in [0, 0.1) is 6.92 Å². The van der Waals surface area contributed by atoms with Gasteiger partial charge in [-0.2, -0.15) is 12.1 Å². The van der Waals surface area contributed by atoms with Gasteiger partial charge in [0.25, 0.3) is 0 Å². The maximum absolute atomic E-state index is 2.16. The van der Waals surface area contributed by atoms with Gasteiger partial charge >= 0.3 is 26.2 Å². The molecule has 0 fully saturated rings. The zero-order valence-corrected chi connectivity index (χ0v) is 11.2. The fraction of sp³-hybridized carbons (Fsp3) is 0.100. The molecule has 0 saturated carbocycles. The van der Waals surface area contributed by atoms with Gasteiger partial charge in [-0.15, -0.1) is 34.5 Å². The van der Waals surface area contributed by atoms with E-state index in [1.165, 1.54) is 16.3 Å². The van der Waals surface area contributed by atoms with Crippen LogP contribution < -0.4 is 24.8 Å². The van der Waals surface area contributed by atoms with Gasteiger partial charge in [0.1, 0.15) is 0 Å². The molecule has 13 heavy (non-hydrogen) atoms. The number of benzene rings is 1. The first-order chi connectivity index (χ1) is 4.88. The van der Waals surface area contributed by atoms with Gasteiger partial charge in [0.2, 0.25) is 0 Å². The summed E-state index contributed by atoms with van der Waals surface area (Å²) in [5.74, 6) is 0. The number of halogens is 2. The van der Waals surface area contributed by atoms with Crippen LogP contribution in [0.1, 0.15) is 5.56 Å². The molecule has 2 aromatic carbocycles. The van der Waals surface area contributed by atoms with Gasteiger partial charge in [-0.25, -0.2) is 0 Å². The summed E-state index contributed by atoms with van der Waals surface area (Å²) in [7, 11) is 0. The molecule has 0 amide bonds. The van der Waals surface area contributed by atoms with Crippen molar-refractivity contribution in [1.82, 2.24) is 0 Å². The van der Waals surface area contributed by atoms with Gasteiger partial charge in [0.15, 0.2) is 0 Å². The Morgan fingerprint density at radius 1 is 1.08 bits per heavy atom. The number of aryl methyl sites for hydroxylation is 1. The average Bonchev–Trinajstić information content (AvgIpc) is 2.36. The Hall–Kier alpha value is 0.293. The SMILES string of the molecule is Cc1cccc2cc[cH-]c12.[Cl-].[Cl-].[Zr+3]. The molecular formula is C10H9Cl2Zr. The fourth-order valence-electron chi connectivity index (χ4n) is 1.32. The molecule has 0 aliphatic carbocycles. The van der Waals surface area contributed by atoms with Crippen LogP contribution >= 0.6 is 0 Å². The zero-order chi connectivity index (χ0) is 6.97. The third kappa shape index (κ3) is 3.16. The minimum atomic E-state index is 0. The molecule has 0 aliphatic heterocycles. The summed E-state index contributed by atoms with van der Waals surface area (Å²) in [5.41, 5.74) is 1.36. The quantitative estimate of drug-likeness (QED) is 0.451. The minimum absolute atomic E-state index is 0. The van der Waals surface area contributed by atoms with E-state index in [0.29, 0.717) is 0 Å². The van der Waals surface area contributed by atoms with Crippen LogP contribution in [-0.2, 0) is 26.2 Å². The van der Waals surface area contributed by atoms with E-state index in [9.17, 15) is 0 Å². The van der Waals surface area contributed by atoms with Gasteiger partial charge in [-0.3, -0.25) is 0 Å². The second-order valence-electron chi connectivity index (χ2n) is 2.60. The number of hydrogen-bond acceptors (Lipinski definition) is 0. The second-order valence-corrected chi connectivity index (χ2v) is 2.60. The Morgan fingerprint density at radius 3 is 2.38 bits per heavy atom. The molecule has 0 saturated heterocycles. The molecule has 3 heteroatoms. The molecule has 0 nitrogen and oxygen atoms in total. The van der Waals surface area contributed by atoms with Crippen molar-refractivity contribution >= 4 is 10.8 Å². The molecule has 2 aromatic rings. The number of fused-ring (bicyclic) bond motifs is 1. The van der Waals surface area contributed by atoms with E-state index in [1.54, 1.807) is 0 Å². The standard InChI is InChI=1S/C10H9.2ClH.Zr/c1-8-4-2-5-9-6-3-7-10(8)9;;;/h2-7H,1H3;2*1H;/q-1;;;+3/p-2. The van der Waals surface area contributed by atoms with Crippen molar-refractivity contribution in [2.45, 2.75) is 6.92 Å². The van der Waals surface area contributed by atoms with Gasteiger partial charge in [-0.05, 0) is 0 Å². The molecule has 2 rings (SSSR count). The van der Waals surface area contributed by atoms with E-state index in [1.807, 2.05) is 0 Å². The van der Waals surface area contributed by atoms with E-state index in [4.69, 9.17) is 0 Å². The van der Waals surface area contributed by atoms with Gasteiger partial charge in [0, 0.05) is 0 Å². The Labute approximate surface area is 110 Å². The smallest absolute Gasteiger partial charge is 1.00 e. The molecule has 67 valence electrons. The molecule has 0 aromatic heterocycles. The fourth-order valence-corrected chi connectivity index (χ4v) is 1.32. The Kier molecular flexibility index (Phi) is 8.12. The van der Waals surface area contributed by atoms with Crippen LogP contribution in [0.2, 0.25) is 0 Å². The summed E-state index contributed by atoms with van der Waals surface area (Å²) in [4.78, 5) is 0. The predicted molar refractivity (Wildman–Crippen MR) is 44.3 cm³/mol. The molecular weight excluding hydrogens is 282 g/mol. The van der Waals surface area contributed by atoms with Crippen molar-refractivity contribution in [2.24, 2.45) is 0 Å². The van der Waals surface area contributed by atoms with E-state index in [0.717, 1.165) is 0 Å². The number of hydrogen-bond donors (Lipinski definition) is 0. The molecule has 0 bridgehead atoms. The van der Waals surface area contributed by atoms with Crippen LogP contribution in [0.3, 0.4) is 0 Å². The molecule has 1 radical (unpaired) electrons. The molecule has 0 aliphatic rings. The van der Waals surface area contributed by atoms with Crippen LogP contribution in [0.25, 0.3) is 10.8 Å². The Balaban J connectivity index is 0. The first kappa shape index (κ1) is 15.8. The second kappa shape index (κ2) is 6.70. The Bertz CT molecular complexity index is 354. The van der Waals surface area contributed by atoms with Crippen molar-refractivity contribution in [3.8, 4) is 0 Å². The first-order valence-corrected chi connectivity index (χ1v) is 3.49. The molecule has 0 atom stereocenters.